The first kappa shape index (κ1) is 13.9. The average molecular weight is 333 g/mol. The van der Waals surface area contributed by atoms with Crippen LogP contribution in [0.1, 0.15) is 19.4 Å². The van der Waals surface area contributed by atoms with E-state index in [1.54, 1.807) is 0 Å². The van der Waals surface area contributed by atoms with Crippen molar-refractivity contribution in [2.24, 2.45) is 5.92 Å². The molecular formula is C13H20INO. The van der Waals surface area contributed by atoms with E-state index in [9.17, 15) is 0 Å². The van der Waals surface area contributed by atoms with E-state index in [-0.39, 0.29) is 0 Å². The van der Waals surface area contributed by atoms with Crippen LogP contribution in [0.25, 0.3) is 0 Å². The fourth-order valence-corrected chi connectivity index (χ4v) is 1.66. The number of halogens is 1. The molecule has 0 saturated heterocycles. The summed E-state index contributed by atoms with van der Waals surface area (Å²) in [5, 5.41) is 3.37. The zero-order chi connectivity index (χ0) is 11.8. The lowest BCUT2D eigenvalue weighted by atomic mass is 10.2. The van der Waals surface area contributed by atoms with Gasteiger partial charge in [-0.3, -0.25) is 0 Å². The lowest BCUT2D eigenvalue weighted by Gasteiger charge is -2.08. The third-order valence-electron chi connectivity index (χ3n) is 2.12. The van der Waals surface area contributed by atoms with Crippen molar-refractivity contribution in [3.05, 3.63) is 33.4 Å². The Bertz CT molecular complexity index is 284. The normalized spacial score (nSPS) is 11.0. The van der Waals surface area contributed by atoms with Crippen molar-refractivity contribution in [3.63, 3.8) is 0 Å². The fourth-order valence-electron chi connectivity index (χ4n) is 1.30. The molecule has 0 amide bonds. The molecule has 0 aliphatic rings. The van der Waals surface area contributed by atoms with Crippen LogP contribution in [-0.2, 0) is 11.3 Å². The topological polar surface area (TPSA) is 21.3 Å². The van der Waals surface area contributed by atoms with Crippen molar-refractivity contribution < 1.29 is 4.74 Å². The minimum absolute atomic E-state index is 0.621. The molecule has 1 N–H and O–H groups in total. The van der Waals surface area contributed by atoms with E-state index < -0.39 is 0 Å². The number of nitrogens with one attached hydrogen (secondary N) is 1. The molecule has 0 atom stereocenters. The summed E-state index contributed by atoms with van der Waals surface area (Å²) in [7, 11) is 0. The average Bonchev–Trinajstić information content (AvgIpc) is 2.25. The van der Waals surface area contributed by atoms with Crippen LogP contribution in [0.5, 0.6) is 0 Å². The first-order valence-electron chi connectivity index (χ1n) is 5.71. The van der Waals surface area contributed by atoms with Gasteiger partial charge in [-0.25, -0.2) is 0 Å². The Morgan fingerprint density at radius 2 is 1.94 bits per heavy atom. The van der Waals surface area contributed by atoms with Gasteiger partial charge in [0, 0.05) is 23.3 Å². The van der Waals surface area contributed by atoms with Crippen LogP contribution in [-0.4, -0.2) is 19.8 Å². The molecule has 0 aliphatic heterocycles. The first-order valence-corrected chi connectivity index (χ1v) is 6.79. The SMILES string of the molecule is CC(C)COCCNCc1ccc(I)cc1. The molecule has 0 spiro atoms. The quantitative estimate of drug-likeness (QED) is 0.612. The summed E-state index contributed by atoms with van der Waals surface area (Å²) in [6.07, 6.45) is 0. The summed E-state index contributed by atoms with van der Waals surface area (Å²) in [6, 6.07) is 8.58. The first-order chi connectivity index (χ1) is 7.68. The molecule has 0 fully saturated rings. The molecule has 90 valence electrons. The van der Waals surface area contributed by atoms with E-state index in [4.69, 9.17) is 4.74 Å². The molecule has 0 bridgehead atoms. The van der Waals surface area contributed by atoms with Crippen molar-refractivity contribution in [3.8, 4) is 0 Å². The van der Waals surface area contributed by atoms with Gasteiger partial charge in [-0.2, -0.15) is 0 Å². The van der Waals surface area contributed by atoms with Gasteiger partial charge in [-0.15, -0.1) is 0 Å². The van der Waals surface area contributed by atoms with Crippen molar-refractivity contribution in [2.45, 2.75) is 20.4 Å². The molecule has 0 aliphatic carbocycles. The third kappa shape index (κ3) is 6.45. The zero-order valence-electron chi connectivity index (χ0n) is 10.0. The van der Waals surface area contributed by atoms with Crippen molar-refractivity contribution in [2.75, 3.05) is 19.8 Å². The van der Waals surface area contributed by atoms with Crippen molar-refractivity contribution >= 4 is 22.6 Å². The third-order valence-corrected chi connectivity index (χ3v) is 2.84. The summed E-state index contributed by atoms with van der Waals surface area (Å²) in [6.45, 7) is 7.81. The maximum Gasteiger partial charge on any atom is 0.0591 e. The predicted molar refractivity (Wildman–Crippen MR) is 76.5 cm³/mol. The molecule has 3 heteroatoms. The summed E-state index contributed by atoms with van der Waals surface area (Å²) < 4.78 is 6.77. The largest absolute Gasteiger partial charge is 0.380 e. The molecule has 1 rings (SSSR count). The maximum atomic E-state index is 5.49. The van der Waals surface area contributed by atoms with Gasteiger partial charge >= 0.3 is 0 Å². The number of hydrogen-bond acceptors (Lipinski definition) is 2. The zero-order valence-corrected chi connectivity index (χ0v) is 12.2. The number of rotatable bonds is 7. The summed E-state index contributed by atoms with van der Waals surface area (Å²) in [5.74, 6) is 0.621. The van der Waals surface area contributed by atoms with Crippen LogP contribution in [0.2, 0.25) is 0 Å². The van der Waals surface area contributed by atoms with Gasteiger partial charge in [0.2, 0.25) is 0 Å². The molecule has 16 heavy (non-hydrogen) atoms. The summed E-state index contributed by atoms with van der Waals surface area (Å²) >= 11 is 2.32. The molecule has 0 unspecified atom stereocenters. The monoisotopic (exact) mass is 333 g/mol. The van der Waals surface area contributed by atoms with E-state index in [0.29, 0.717) is 5.92 Å². The molecule has 0 aromatic heterocycles. The minimum atomic E-state index is 0.621. The highest BCUT2D eigenvalue weighted by atomic mass is 127. The second-order valence-electron chi connectivity index (χ2n) is 4.27. The Kier molecular flexibility index (Phi) is 7.00. The van der Waals surface area contributed by atoms with Crippen LogP contribution in [0.15, 0.2) is 24.3 Å². The van der Waals surface area contributed by atoms with Crippen LogP contribution in [0.4, 0.5) is 0 Å². The molecule has 0 saturated carbocycles. The Morgan fingerprint density at radius 3 is 2.56 bits per heavy atom. The number of ether oxygens (including phenoxy) is 1. The molecule has 1 aromatic carbocycles. The van der Waals surface area contributed by atoms with Gasteiger partial charge in [-0.05, 0) is 46.2 Å². The fraction of sp³-hybridized carbons (Fsp3) is 0.538. The van der Waals surface area contributed by atoms with E-state index in [0.717, 1.165) is 26.3 Å². The Hall–Kier alpha value is -0.130. The second-order valence-corrected chi connectivity index (χ2v) is 5.52. The van der Waals surface area contributed by atoms with Crippen LogP contribution >= 0.6 is 22.6 Å². The lowest BCUT2D eigenvalue weighted by Crippen LogP contribution is -2.20. The highest BCUT2D eigenvalue weighted by molar-refractivity contribution is 14.1. The van der Waals surface area contributed by atoms with Crippen LogP contribution in [0, 0.1) is 9.49 Å². The van der Waals surface area contributed by atoms with Gasteiger partial charge in [0.05, 0.1) is 6.61 Å². The molecule has 0 heterocycles. The highest BCUT2D eigenvalue weighted by Gasteiger charge is 1.94. The van der Waals surface area contributed by atoms with E-state index in [1.807, 2.05) is 0 Å². The standard InChI is InChI=1S/C13H20INO/c1-11(2)10-16-8-7-15-9-12-3-5-13(14)6-4-12/h3-6,11,15H,7-10H2,1-2H3. The maximum absolute atomic E-state index is 5.49. The predicted octanol–water partition coefficient (Wildman–Crippen LogP) is 3.05. The molecular weight excluding hydrogens is 313 g/mol. The van der Waals surface area contributed by atoms with Gasteiger partial charge in [-0.1, -0.05) is 26.0 Å². The number of hydrogen-bond donors (Lipinski definition) is 1. The van der Waals surface area contributed by atoms with Gasteiger partial charge < -0.3 is 10.1 Å². The van der Waals surface area contributed by atoms with E-state index >= 15 is 0 Å². The van der Waals surface area contributed by atoms with Crippen molar-refractivity contribution in [1.82, 2.24) is 5.32 Å². The summed E-state index contributed by atoms with van der Waals surface area (Å²) in [4.78, 5) is 0. The summed E-state index contributed by atoms with van der Waals surface area (Å²) in [5.41, 5.74) is 1.32. The molecule has 2 nitrogen and oxygen atoms in total. The lowest BCUT2D eigenvalue weighted by molar-refractivity contribution is 0.111. The van der Waals surface area contributed by atoms with Gasteiger partial charge in [0.25, 0.3) is 0 Å². The smallest absolute Gasteiger partial charge is 0.0591 e. The van der Waals surface area contributed by atoms with Crippen LogP contribution < -0.4 is 5.32 Å². The van der Waals surface area contributed by atoms with Gasteiger partial charge in [0.1, 0.15) is 0 Å². The second kappa shape index (κ2) is 8.03. The Morgan fingerprint density at radius 1 is 1.25 bits per heavy atom. The molecule has 1 aromatic rings. The highest BCUT2D eigenvalue weighted by Crippen LogP contribution is 2.06. The van der Waals surface area contributed by atoms with E-state index in [1.165, 1.54) is 9.13 Å². The van der Waals surface area contributed by atoms with Gasteiger partial charge in [0.15, 0.2) is 0 Å². The van der Waals surface area contributed by atoms with E-state index in [2.05, 4.69) is 66.0 Å². The minimum Gasteiger partial charge on any atom is -0.380 e. The Labute approximate surface area is 112 Å². The van der Waals surface area contributed by atoms with Crippen LogP contribution in [0.3, 0.4) is 0 Å². The Balaban J connectivity index is 2.05. The van der Waals surface area contributed by atoms with Crippen molar-refractivity contribution in [1.29, 1.82) is 0 Å². The molecule has 0 radical (unpaired) electrons. The number of benzene rings is 1.